The summed E-state index contributed by atoms with van der Waals surface area (Å²) >= 11 is 6.93. The van der Waals surface area contributed by atoms with Crippen LogP contribution in [-0.2, 0) is 6.54 Å². The van der Waals surface area contributed by atoms with Crippen molar-refractivity contribution in [2.45, 2.75) is 6.54 Å². The zero-order chi connectivity index (χ0) is 14.5. The molecule has 1 N–H and O–H groups in total. The first kappa shape index (κ1) is 14.8. The Balaban J connectivity index is 2.16. The second-order valence-corrected chi connectivity index (χ2v) is 5.69. The number of aromatic nitrogens is 1. The van der Waals surface area contributed by atoms with Crippen molar-refractivity contribution in [1.82, 2.24) is 4.98 Å². The van der Waals surface area contributed by atoms with Gasteiger partial charge in [-0.25, -0.2) is 4.98 Å². The number of halogens is 2. The molecule has 6 heteroatoms. The van der Waals surface area contributed by atoms with Crippen LogP contribution in [-0.4, -0.2) is 12.1 Å². The normalized spacial score (nSPS) is 9.90. The number of ether oxygens (including phenoxy) is 1. The smallest absolute Gasteiger partial charge is 0.140 e. The van der Waals surface area contributed by atoms with Gasteiger partial charge in [0, 0.05) is 23.3 Å². The standard InChI is InChI=1S/C14H11Br2N3O/c1-20-14-6-13(11(15)5-12(14)16)19-8-9-2-3-18-10(4-9)7-17/h2-6,19H,8H2,1H3. The van der Waals surface area contributed by atoms with Crippen LogP contribution in [0.4, 0.5) is 5.69 Å². The lowest BCUT2D eigenvalue weighted by Gasteiger charge is -2.12. The summed E-state index contributed by atoms with van der Waals surface area (Å²) in [5.74, 6) is 0.753. The van der Waals surface area contributed by atoms with E-state index < -0.39 is 0 Å². The summed E-state index contributed by atoms with van der Waals surface area (Å²) < 4.78 is 7.08. The number of nitriles is 1. The number of pyridine rings is 1. The van der Waals surface area contributed by atoms with E-state index >= 15 is 0 Å². The summed E-state index contributed by atoms with van der Waals surface area (Å²) in [6, 6.07) is 9.49. The Bertz CT molecular complexity index is 668. The quantitative estimate of drug-likeness (QED) is 0.845. The van der Waals surface area contributed by atoms with Crippen molar-refractivity contribution in [2.75, 3.05) is 12.4 Å². The molecular formula is C14H11Br2N3O. The Morgan fingerprint density at radius 1 is 1.30 bits per heavy atom. The molecule has 1 heterocycles. The number of hydrogen-bond acceptors (Lipinski definition) is 4. The van der Waals surface area contributed by atoms with E-state index in [4.69, 9.17) is 10.00 Å². The van der Waals surface area contributed by atoms with Crippen LogP contribution in [0.3, 0.4) is 0 Å². The predicted molar refractivity (Wildman–Crippen MR) is 84.7 cm³/mol. The highest BCUT2D eigenvalue weighted by Gasteiger charge is 2.07. The molecule has 0 bridgehead atoms. The Hall–Kier alpha value is -1.58. The van der Waals surface area contributed by atoms with E-state index in [1.54, 1.807) is 19.4 Å². The summed E-state index contributed by atoms with van der Waals surface area (Å²) in [5.41, 5.74) is 2.32. The first-order valence-corrected chi connectivity index (χ1v) is 7.34. The molecule has 2 aromatic rings. The SMILES string of the molecule is COc1cc(NCc2ccnc(C#N)c2)c(Br)cc1Br. The van der Waals surface area contributed by atoms with Gasteiger partial charge in [0.05, 0.1) is 17.3 Å². The van der Waals surface area contributed by atoms with Crippen molar-refractivity contribution >= 4 is 37.5 Å². The molecule has 2 rings (SSSR count). The van der Waals surface area contributed by atoms with Gasteiger partial charge in [-0.3, -0.25) is 0 Å². The average Bonchev–Trinajstić information content (AvgIpc) is 2.46. The van der Waals surface area contributed by atoms with Crippen molar-refractivity contribution in [3.63, 3.8) is 0 Å². The fraction of sp³-hybridized carbons (Fsp3) is 0.143. The Kier molecular flexibility index (Phi) is 4.99. The van der Waals surface area contributed by atoms with Crippen LogP contribution in [0.25, 0.3) is 0 Å². The first-order chi connectivity index (χ1) is 9.63. The summed E-state index contributed by atoms with van der Waals surface area (Å²) in [5, 5.41) is 12.1. The second-order valence-electron chi connectivity index (χ2n) is 3.98. The number of hydrogen-bond donors (Lipinski definition) is 1. The van der Waals surface area contributed by atoms with Gasteiger partial charge >= 0.3 is 0 Å². The van der Waals surface area contributed by atoms with Crippen molar-refractivity contribution in [3.8, 4) is 11.8 Å². The topological polar surface area (TPSA) is 57.9 Å². The van der Waals surface area contributed by atoms with Crippen LogP contribution in [0.5, 0.6) is 5.75 Å². The number of nitrogens with zero attached hydrogens (tertiary/aromatic N) is 2. The van der Waals surface area contributed by atoms with E-state index in [0.717, 1.165) is 25.9 Å². The van der Waals surface area contributed by atoms with Crippen LogP contribution in [0.2, 0.25) is 0 Å². The Labute approximate surface area is 134 Å². The van der Waals surface area contributed by atoms with Gasteiger partial charge in [-0.15, -0.1) is 0 Å². The van der Waals surface area contributed by atoms with Gasteiger partial charge in [0.25, 0.3) is 0 Å². The molecule has 0 aliphatic heterocycles. The lowest BCUT2D eigenvalue weighted by molar-refractivity contribution is 0.412. The first-order valence-electron chi connectivity index (χ1n) is 5.76. The molecule has 1 aromatic carbocycles. The minimum absolute atomic E-state index is 0.414. The lowest BCUT2D eigenvalue weighted by Crippen LogP contribution is -2.01. The van der Waals surface area contributed by atoms with Crippen LogP contribution >= 0.6 is 31.9 Å². The number of anilines is 1. The predicted octanol–water partition coefficient (Wildman–Crippen LogP) is 4.10. The highest BCUT2D eigenvalue weighted by molar-refractivity contribution is 9.11. The maximum Gasteiger partial charge on any atom is 0.140 e. The van der Waals surface area contributed by atoms with Gasteiger partial charge < -0.3 is 10.1 Å². The molecule has 0 unspecified atom stereocenters. The molecule has 0 saturated heterocycles. The van der Waals surface area contributed by atoms with E-state index in [1.165, 1.54) is 0 Å². The Morgan fingerprint density at radius 2 is 2.10 bits per heavy atom. The van der Waals surface area contributed by atoms with Crippen LogP contribution < -0.4 is 10.1 Å². The summed E-state index contributed by atoms with van der Waals surface area (Å²) in [6.45, 7) is 0.598. The lowest BCUT2D eigenvalue weighted by atomic mass is 10.2. The van der Waals surface area contributed by atoms with Crippen LogP contribution in [0.15, 0.2) is 39.4 Å². The van der Waals surface area contributed by atoms with Gasteiger partial charge in [-0.2, -0.15) is 5.26 Å². The highest BCUT2D eigenvalue weighted by atomic mass is 79.9. The van der Waals surface area contributed by atoms with E-state index in [9.17, 15) is 0 Å². The van der Waals surface area contributed by atoms with Crippen molar-refractivity contribution in [1.29, 1.82) is 5.26 Å². The number of methoxy groups -OCH3 is 1. The van der Waals surface area contributed by atoms with E-state index in [1.807, 2.05) is 24.3 Å². The molecule has 0 aliphatic rings. The minimum atomic E-state index is 0.414. The molecule has 0 atom stereocenters. The zero-order valence-corrected chi connectivity index (χ0v) is 13.8. The molecule has 0 fully saturated rings. The maximum absolute atomic E-state index is 8.83. The van der Waals surface area contributed by atoms with Gasteiger partial charge in [0.2, 0.25) is 0 Å². The van der Waals surface area contributed by atoms with E-state index in [0.29, 0.717) is 12.2 Å². The fourth-order valence-corrected chi connectivity index (χ4v) is 2.96. The van der Waals surface area contributed by atoms with Gasteiger partial charge in [-0.1, -0.05) is 0 Å². The highest BCUT2D eigenvalue weighted by Crippen LogP contribution is 2.34. The van der Waals surface area contributed by atoms with Gasteiger partial charge in [0.1, 0.15) is 17.5 Å². The monoisotopic (exact) mass is 395 g/mol. The van der Waals surface area contributed by atoms with E-state index in [2.05, 4.69) is 42.2 Å². The Morgan fingerprint density at radius 3 is 2.80 bits per heavy atom. The largest absolute Gasteiger partial charge is 0.495 e. The second kappa shape index (κ2) is 6.73. The molecule has 20 heavy (non-hydrogen) atoms. The summed E-state index contributed by atoms with van der Waals surface area (Å²) in [7, 11) is 1.62. The van der Waals surface area contributed by atoms with Crippen molar-refractivity contribution in [2.24, 2.45) is 0 Å². The third kappa shape index (κ3) is 3.50. The van der Waals surface area contributed by atoms with Gasteiger partial charge in [0.15, 0.2) is 0 Å². The van der Waals surface area contributed by atoms with Crippen LogP contribution in [0.1, 0.15) is 11.3 Å². The average molecular weight is 397 g/mol. The molecular weight excluding hydrogens is 386 g/mol. The van der Waals surface area contributed by atoms with Gasteiger partial charge in [-0.05, 0) is 55.6 Å². The van der Waals surface area contributed by atoms with Crippen LogP contribution in [0, 0.1) is 11.3 Å². The molecule has 0 saturated carbocycles. The third-order valence-corrected chi connectivity index (χ3v) is 3.94. The number of benzene rings is 1. The minimum Gasteiger partial charge on any atom is -0.495 e. The van der Waals surface area contributed by atoms with E-state index in [-0.39, 0.29) is 0 Å². The number of nitrogens with one attached hydrogen (secondary N) is 1. The molecule has 0 amide bonds. The molecule has 0 aliphatic carbocycles. The molecule has 0 radical (unpaired) electrons. The van der Waals surface area contributed by atoms with Crippen molar-refractivity contribution < 1.29 is 4.74 Å². The molecule has 4 nitrogen and oxygen atoms in total. The molecule has 0 spiro atoms. The van der Waals surface area contributed by atoms with Crippen molar-refractivity contribution in [3.05, 3.63) is 50.7 Å². The zero-order valence-electron chi connectivity index (χ0n) is 10.7. The fourth-order valence-electron chi connectivity index (χ4n) is 1.66. The summed E-state index contributed by atoms with van der Waals surface area (Å²) in [6.07, 6.45) is 1.63. The third-order valence-electron chi connectivity index (χ3n) is 2.66. The number of rotatable bonds is 4. The molecule has 102 valence electrons. The molecule has 1 aromatic heterocycles. The summed E-state index contributed by atoms with van der Waals surface area (Å²) in [4.78, 5) is 3.95. The maximum atomic E-state index is 8.83.